The topological polar surface area (TPSA) is 82.5 Å². The van der Waals surface area contributed by atoms with Gasteiger partial charge in [-0.25, -0.2) is 9.18 Å². The van der Waals surface area contributed by atoms with Crippen molar-refractivity contribution in [1.82, 2.24) is 9.24 Å². The van der Waals surface area contributed by atoms with Crippen LogP contribution in [0.5, 0.6) is 5.75 Å². The number of hydrogen-bond donors (Lipinski definition) is 1. The Morgan fingerprint density at radius 3 is 2.50 bits per heavy atom. The van der Waals surface area contributed by atoms with Gasteiger partial charge in [0.05, 0.1) is 12.5 Å². The molecule has 0 bridgehead atoms. The maximum atomic E-state index is 14.8. The molecule has 4 rings (SSSR count). The smallest absolute Gasteiger partial charge is 0.350 e. The number of nitrogen functional groups attached to an aromatic ring is 1. The van der Waals surface area contributed by atoms with Crippen molar-refractivity contribution < 1.29 is 9.13 Å². The van der Waals surface area contributed by atoms with Crippen molar-refractivity contribution in [2.24, 2.45) is 0 Å². The third-order valence-corrected chi connectivity index (χ3v) is 4.82. The third-order valence-electron chi connectivity index (χ3n) is 4.82. The third kappa shape index (κ3) is 2.02. The average molecular weight is 334 g/mol. The summed E-state index contributed by atoms with van der Waals surface area (Å²) in [4.78, 5) is 26.8. The first-order valence-corrected chi connectivity index (χ1v) is 8.12. The second-order valence-electron chi connectivity index (χ2n) is 6.39. The van der Waals surface area contributed by atoms with E-state index in [1.165, 1.54) is 17.7 Å². The highest BCUT2D eigenvalue weighted by Crippen LogP contribution is 2.42. The summed E-state index contributed by atoms with van der Waals surface area (Å²) < 4.78 is 22.3. The number of aromatic nitrogens is 2. The number of nitrogens with two attached hydrogens (primary N) is 1. The van der Waals surface area contributed by atoms with Gasteiger partial charge in [-0.05, 0) is 31.7 Å². The van der Waals surface area contributed by atoms with Crippen LogP contribution in [0.4, 0.5) is 10.1 Å². The van der Waals surface area contributed by atoms with E-state index in [2.05, 4.69) is 0 Å². The molecule has 1 aromatic carbocycles. The molecule has 2 heterocycles. The lowest BCUT2D eigenvalue weighted by Gasteiger charge is -2.24. The van der Waals surface area contributed by atoms with Crippen LogP contribution in [0.1, 0.15) is 31.7 Å². The fourth-order valence-corrected chi connectivity index (χ4v) is 3.54. The molecule has 1 aliphatic carbocycles. The Bertz CT molecular complexity index is 939. The monoisotopic (exact) mass is 334 g/mol. The molecule has 0 amide bonds. The van der Waals surface area contributed by atoms with Gasteiger partial charge in [0, 0.05) is 19.1 Å². The second-order valence-corrected chi connectivity index (χ2v) is 6.39. The first kappa shape index (κ1) is 15.0. The zero-order valence-corrected chi connectivity index (χ0v) is 13.4. The molecule has 2 aliphatic rings. The van der Waals surface area contributed by atoms with Crippen molar-refractivity contribution in [2.75, 3.05) is 30.9 Å². The van der Waals surface area contributed by atoms with E-state index in [9.17, 15) is 14.0 Å². The minimum Gasteiger partial charge on any atom is -0.492 e. The van der Waals surface area contributed by atoms with Gasteiger partial charge in [0.1, 0.15) is 11.2 Å². The van der Waals surface area contributed by atoms with E-state index in [-0.39, 0.29) is 17.2 Å². The fourth-order valence-electron chi connectivity index (χ4n) is 3.54. The van der Waals surface area contributed by atoms with Gasteiger partial charge < -0.3 is 15.5 Å². The molecule has 2 aromatic rings. The molecule has 0 radical (unpaired) electrons. The Kier molecular flexibility index (Phi) is 3.29. The van der Waals surface area contributed by atoms with Gasteiger partial charge >= 0.3 is 5.69 Å². The number of hydrogen-bond acceptors (Lipinski definition) is 5. The Morgan fingerprint density at radius 2 is 1.92 bits per heavy atom. The molecule has 7 nitrogen and oxygen atoms in total. The number of methoxy groups -OCH3 is 1. The average Bonchev–Trinajstić information content (AvgIpc) is 3.26. The highest BCUT2D eigenvalue weighted by molar-refractivity contribution is 5.91. The molecule has 2 N–H and O–H groups in total. The summed E-state index contributed by atoms with van der Waals surface area (Å²) >= 11 is 0. The van der Waals surface area contributed by atoms with E-state index >= 15 is 0 Å². The summed E-state index contributed by atoms with van der Waals surface area (Å²) in [5.74, 6) is 5.33. The van der Waals surface area contributed by atoms with Crippen molar-refractivity contribution in [2.45, 2.75) is 31.7 Å². The molecule has 0 spiro atoms. The lowest BCUT2D eigenvalue weighted by atomic mass is 10.1. The lowest BCUT2D eigenvalue weighted by molar-refractivity contribution is 0.413. The SMILES string of the molecule is COc1c(N2CCCC2)c(F)cc2c(=O)n(N)c(=O)n(C3CC3)c12. The Balaban J connectivity index is 2.15. The van der Waals surface area contributed by atoms with Gasteiger partial charge in [-0.15, -0.1) is 0 Å². The van der Waals surface area contributed by atoms with Gasteiger partial charge in [-0.3, -0.25) is 9.36 Å². The summed E-state index contributed by atoms with van der Waals surface area (Å²) in [5.41, 5.74) is -0.630. The minimum atomic E-state index is -0.711. The van der Waals surface area contributed by atoms with E-state index in [1.54, 1.807) is 0 Å². The van der Waals surface area contributed by atoms with Crippen molar-refractivity contribution in [3.63, 3.8) is 0 Å². The molecule has 2 fully saturated rings. The van der Waals surface area contributed by atoms with E-state index in [0.717, 1.165) is 38.8 Å². The second kappa shape index (κ2) is 5.25. The van der Waals surface area contributed by atoms with Crippen LogP contribution >= 0.6 is 0 Å². The first-order valence-electron chi connectivity index (χ1n) is 8.12. The Labute approximate surface area is 137 Å². The number of fused-ring (bicyclic) bond motifs is 1. The summed E-state index contributed by atoms with van der Waals surface area (Å²) in [7, 11) is 1.43. The predicted octanol–water partition coefficient (Wildman–Crippen LogP) is 0.960. The number of ether oxygens (including phenoxy) is 1. The molecule has 0 unspecified atom stereocenters. The Hall–Kier alpha value is -2.51. The predicted molar refractivity (Wildman–Crippen MR) is 88.8 cm³/mol. The van der Waals surface area contributed by atoms with Gasteiger partial charge in [0.15, 0.2) is 11.6 Å². The molecule has 1 aromatic heterocycles. The van der Waals surface area contributed by atoms with Crippen LogP contribution in [0.25, 0.3) is 10.9 Å². The molecule has 1 aliphatic heterocycles. The zero-order valence-electron chi connectivity index (χ0n) is 13.4. The highest BCUT2D eigenvalue weighted by atomic mass is 19.1. The molecule has 24 heavy (non-hydrogen) atoms. The maximum absolute atomic E-state index is 14.8. The maximum Gasteiger partial charge on any atom is 0.350 e. The summed E-state index contributed by atoms with van der Waals surface area (Å²) in [5, 5.41) is 0.0706. The number of benzene rings is 1. The van der Waals surface area contributed by atoms with Crippen molar-refractivity contribution in [3.8, 4) is 5.75 Å². The van der Waals surface area contributed by atoms with Crippen LogP contribution in [0.15, 0.2) is 15.7 Å². The molecular weight excluding hydrogens is 315 g/mol. The van der Waals surface area contributed by atoms with Crippen LogP contribution in [-0.2, 0) is 0 Å². The molecule has 1 saturated carbocycles. The molecular formula is C16H19FN4O3. The van der Waals surface area contributed by atoms with E-state index < -0.39 is 17.1 Å². The number of anilines is 1. The molecule has 0 atom stereocenters. The van der Waals surface area contributed by atoms with E-state index in [0.29, 0.717) is 15.9 Å². The zero-order chi connectivity index (χ0) is 17.0. The van der Waals surface area contributed by atoms with Crippen LogP contribution in [0.2, 0.25) is 0 Å². The van der Waals surface area contributed by atoms with Gasteiger partial charge in [-0.1, -0.05) is 0 Å². The standard InChI is InChI=1S/C16H19FN4O3/c1-24-14-12-10(8-11(17)13(14)19-6-2-3-7-19)15(22)21(18)16(23)20(12)9-4-5-9/h8-9H,2-7,18H2,1H3. The van der Waals surface area contributed by atoms with Crippen LogP contribution in [0.3, 0.4) is 0 Å². The van der Waals surface area contributed by atoms with Gasteiger partial charge in [-0.2, -0.15) is 4.68 Å². The largest absolute Gasteiger partial charge is 0.492 e. The van der Waals surface area contributed by atoms with Gasteiger partial charge in [0.2, 0.25) is 0 Å². The minimum absolute atomic E-state index is 0.0267. The van der Waals surface area contributed by atoms with E-state index in [4.69, 9.17) is 10.6 Å². The summed E-state index contributed by atoms with van der Waals surface area (Å²) in [6, 6.07) is 1.15. The molecule has 128 valence electrons. The normalized spacial score (nSPS) is 17.7. The van der Waals surface area contributed by atoms with E-state index in [1.807, 2.05) is 4.90 Å². The quantitative estimate of drug-likeness (QED) is 0.846. The summed E-state index contributed by atoms with van der Waals surface area (Å²) in [6.07, 6.45) is 3.60. The van der Waals surface area contributed by atoms with Crippen molar-refractivity contribution in [1.29, 1.82) is 0 Å². The number of nitrogens with zero attached hydrogens (tertiary/aromatic N) is 3. The Morgan fingerprint density at radius 1 is 1.25 bits per heavy atom. The van der Waals surface area contributed by atoms with Gasteiger partial charge in [0.25, 0.3) is 5.56 Å². The fraction of sp³-hybridized carbons (Fsp3) is 0.500. The first-order chi connectivity index (χ1) is 11.5. The molecule has 1 saturated heterocycles. The lowest BCUT2D eigenvalue weighted by Crippen LogP contribution is -2.44. The number of halogens is 1. The summed E-state index contributed by atoms with van der Waals surface area (Å²) in [6.45, 7) is 1.45. The van der Waals surface area contributed by atoms with Crippen LogP contribution in [-0.4, -0.2) is 29.4 Å². The van der Waals surface area contributed by atoms with Crippen LogP contribution < -0.4 is 26.7 Å². The molecule has 8 heteroatoms. The van der Waals surface area contributed by atoms with Crippen LogP contribution in [0, 0.1) is 5.82 Å². The highest BCUT2D eigenvalue weighted by Gasteiger charge is 2.32. The van der Waals surface area contributed by atoms with Crippen molar-refractivity contribution in [3.05, 3.63) is 32.7 Å². The number of rotatable bonds is 3. The van der Waals surface area contributed by atoms with Crippen molar-refractivity contribution >= 4 is 16.6 Å².